The van der Waals surface area contributed by atoms with E-state index in [9.17, 15) is 18.5 Å². The van der Waals surface area contributed by atoms with Gasteiger partial charge in [-0.05, 0) is 24.3 Å². The normalized spacial score (nSPS) is 11.1. The second kappa shape index (κ2) is 5.38. The number of para-hydroxylation sites is 2. The summed E-state index contributed by atoms with van der Waals surface area (Å²) in [6.45, 7) is 0. The molecule has 0 spiro atoms. The maximum atomic E-state index is 11.0. The Kier molecular flexibility index (Phi) is 3.78. The van der Waals surface area contributed by atoms with E-state index >= 15 is 0 Å². The van der Waals surface area contributed by atoms with E-state index in [1.165, 1.54) is 30.3 Å². The number of hydrogen-bond donors (Lipinski definition) is 3. The first kappa shape index (κ1) is 14.8. The number of benzene rings is 2. The van der Waals surface area contributed by atoms with Gasteiger partial charge in [-0.1, -0.05) is 12.1 Å². The van der Waals surface area contributed by atoms with Crippen LogP contribution in [0.15, 0.2) is 47.4 Å². The molecule has 0 bridgehead atoms. The molecular weight excluding hydrogens is 298 g/mol. The highest BCUT2D eigenvalue weighted by molar-refractivity contribution is 7.86. The van der Waals surface area contributed by atoms with Crippen LogP contribution < -0.4 is 11.1 Å². The third-order valence-electron chi connectivity index (χ3n) is 2.67. The van der Waals surface area contributed by atoms with Gasteiger partial charge in [0, 0.05) is 11.8 Å². The van der Waals surface area contributed by atoms with Crippen LogP contribution in [0.3, 0.4) is 0 Å². The molecule has 0 atom stereocenters. The van der Waals surface area contributed by atoms with Gasteiger partial charge in [0.05, 0.1) is 10.6 Å². The lowest BCUT2D eigenvalue weighted by atomic mass is 10.2. The van der Waals surface area contributed by atoms with Crippen LogP contribution in [-0.2, 0) is 10.1 Å². The first-order valence-electron chi connectivity index (χ1n) is 5.66. The lowest BCUT2D eigenvalue weighted by Crippen LogP contribution is -2.04. The number of hydrogen-bond acceptors (Lipinski definition) is 6. The van der Waals surface area contributed by atoms with Gasteiger partial charge in [0.15, 0.2) is 0 Å². The van der Waals surface area contributed by atoms with E-state index in [1.807, 2.05) is 0 Å². The molecule has 0 aliphatic rings. The lowest BCUT2D eigenvalue weighted by Gasteiger charge is -2.09. The molecule has 110 valence electrons. The average molecular weight is 309 g/mol. The van der Waals surface area contributed by atoms with Crippen LogP contribution in [0.2, 0.25) is 0 Å². The predicted molar refractivity (Wildman–Crippen MR) is 77.0 cm³/mol. The topological polar surface area (TPSA) is 136 Å². The second-order valence-electron chi connectivity index (χ2n) is 4.13. The highest BCUT2D eigenvalue weighted by Gasteiger charge is 2.16. The van der Waals surface area contributed by atoms with Gasteiger partial charge >= 0.3 is 0 Å². The number of rotatable bonds is 4. The molecule has 0 saturated heterocycles. The molecule has 0 aliphatic heterocycles. The van der Waals surface area contributed by atoms with Crippen molar-refractivity contribution in [1.29, 1.82) is 0 Å². The summed E-state index contributed by atoms with van der Waals surface area (Å²) in [7, 11) is -4.41. The molecule has 0 heterocycles. The van der Waals surface area contributed by atoms with Crippen LogP contribution >= 0.6 is 0 Å². The number of nitro benzene ring substituents is 1. The van der Waals surface area contributed by atoms with Crippen LogP contribution in [-0.4, -0.2) is 17.9 Å². The third-order valence-corrected chi connectivity index (χ3v) is 3.60. The Morgan fingerprint density at radius 3 is 2.43 bits per heavy atom. The van der Waals surface area contributed by atoms with E-state index in [-0.39, 0.29) is 17.1 Å². The molecule has 0 amide bonds. The molecule has 2 rings (SSSR count). The van der Waals surface area contributed by atoms with Crippen molar-refractivity contribution >= 4 is 32.9 Å². The highest BCUT2D eigenvalue weighted by Crippen LogP contribution is 2.29. The largest absolute Gasteiger partial charge is 0.398 e. The molecule has 8 nitrogen and oxygen atoms in total. The fourth-order valence-corrected chi connectivity index (χ4v) is 2.35. The predicted octanol–water partition coefficient (Wildman–Crippen LogP) is 2.17. The Bertz CT molecular complexity index is 804. The maximum Gasteiger partial charge on any atom is 0.296 e. The van der Waals surface area contributed by atoms with E-state index in [4.69, 9.17) is 10.3 Å². The minimum Gasteiger partial charge on any atom is -0.398 e. The zero-order chi connectivity index (χ0) is 15.6. The summed E-state index contributed by atoms with van der Waals surface area (Å²) < 4.78 is 31.0. The molecule has 0 fully saturated rings. The van der Waals surface area contributed by atoms with Crippen molar-refractivity contribution in [3.05, 3.63) is 52.6 Å². The summed E-state index contributed by atoms with van der Waals surface area (Å²) in [6.07, 6.45) is 0. The molecule has 0 aliphatic carbocycles. The van der Waals surface area contributed by atoms with E-state index in [2.05, 4.69) is 5.32 Å². The third kappa shape index (κ3) is 3.27. The van der Waals surface area contributed by atoms with Gasteiger partial charge in [0.1, 0.15) is 10.6 Å². The van der Waals surface area contributed by atoms with Crippen LogP contribution in [0.25, 0.3) is 0 Å². The lowest BCUT2D eigenvalue weighted by molar-refractivity contribution is -0.383. The van der Waals surface area contributed by atoms with Crippen molar-refractivity contribution < 1.29 is 17.9 Å². The van der Waals surface area contributed by atoms with Gasteiger partial charge in [-0.15, -0.1) is 0 Å². The number of nitrogens with zero attached hydrogens (tertiary/aromatic N) is 1. The molecule has 2 aromatic rings. The summed E-state index contributed by atoms with van der Waals surface area (Å²) >= 11 is 0. The quantitative estimate of drug-likeness (QED) is 0.341. The summed E-state index contributed by atoms with van der Waals surface area (Å²) in [5, 5.41) is 13.7. The summed E-state index contributed by atoms with van der Waals surface area (Å²) in [6, 6.07) is 9.70. The minimum absolute atomic E-state index is 0.130. The van der Waals surface area contributed by atoms with Crippen LogP contribution in [0.1, 0.15) is 0 Å². The van der Waals surface area contributed by atoms with Gasteiger partial charge in [0.2, 0.25) is 0 Å². The number of nitrogen functional groups attached to an aromatic ring is 1. The van der Waals surface area contributed by atoms with Crippen LogP contribution in [0.4, 0.5) is 22.7 Å². The van der Waals surface area contributed by atoms with Gasteiger partial charge in [-0.25, -0.2) is 0 Å². The highest BCUT2D eigenvalue weighted by atomic mass is 32.2. The monoisotopic (exact) mass is 309 g/mol. The number of anilines is 3. The molecule has 0 unspecified atom stereocenters. The number of nitrogens with two attached hydrogens (primary N) is 1. The zero-order valence-corrected chi connectivity index (χ0v) is 11.4. The van der Waals surface area contributed by atoms with Gasteiger partial charge in [-0.3, -0.25) is 14.7 Å². The Labute approximate surface area is 120 Å². The fraction of sp³-hybridized carbons (Fsp3) is 0. The van der Waals surface area contributed by atoms with E-state index in [0.29, 0.717) is 5.69 Å². The SMILES string of the molecule is Nc1cc(Nc2ccccc2[N+](=O)[O-])ccc1S(=O)(=O)O. The molecule has 21 heavy (non-hydrogen) atoms. The van der Waals surface area contributed by atoms with Crippen molar-refractivity contribution in [2.24, 2.45) is 0 Å². The zero-order valence-electron chi connectivity index (χ0n) is 10.6. The first-order chi connectivity index (χ1) is 9.79. The van der Waals surface area contributed by atoms with Crippen molar-refractivity contribution in [3.8, 4) is 0 Å². The molecule has 2 aromatic carbocycles. The Hall–Kier alpha value is -2.65. The second-order valence-corrected chi connectivity index (χ2v) is 5.52. The van der Waals surface area contributed by atoms with Crippen LogP contribution in [0, 0.1) is 10.1 Å². The van der Waals surface area contributed by atoms with Gasteiger partial charge in [-0.2, -0.15) is 8.42 Å². The number of nitro groups is 1. The summed E-state index contributed by atoms with van der Waals surface area (Å²) in [5.41, 5.74) is 5.84. The summed E-state index contributed by atoms with van der Waals surface area (Å²) in [5.74, 6) is 0. The molecule has 0 aromatic heterocycles. The van der Waals surface area contributed by atoms with Crippen molar-refractivity contribution in [1.82, 2.24) is 0 Å². The van der Waals surface area contributed by atoms with E-state index in [1.54, 1.807) is 6.07 Å². The van der Waals surface area contributed by atoms with Crippen molar-refractivity contribution in [2.75, 3.05) is 11.1 Å². The number of nitrogens with one attached hydrogen (secondary N) is 1. The molecule has 0 saturated carbocycles. The van der Waals surface area contributed by atoms with E-state index < -0.39 is 19.9 Å². The Morgan fingerprint density at radius 1 is 1.19 bits per heavy atom. The Balaban J connectivity index is 2.38. The molecular formula is C12H11N3O5S. The van der Waals surface area contributed by atoms with Crippen LogP contribution in [0.5, 0.6) is 0 Å². The van der Waals surface area contributed by atoms with Gasteiger partial charge < -0.3 is 11.1 Å². The summed E-state index contributed by atoms with van der Waals surface area (Å²) in [4.78, 5) is 9.93. The average Bonchev–Trinajstić information content (AvgIpc) is 2.37. The Morgan fingerprint density at radius 2 is 1.86 bits per heavy atom. The molecule has 9 heteroatoms. The maximum absolute atomic E-state index is 11.0. The van der Waals surface area contributed by atoms with Crippen molar-refractivity contribution in [3.63, 3.8) is 0 Å². The smallest absolute Gasteiger partial charge is 0.296 e. The minimum atomic E-state index is -4.41. The molecule has 4 N–H and O–H groups in total. The van der Waals surface area contributed by atoms with Crippen molar-refractivity contribution in [2.45, 2.75) is 4.90 Å². The van der Waals surface area contributed by atoms with E-state index in [0.717, 1.165) is 6.07 Å². The first-order valence-corrected chi connectivity index (χ1v) is 7.10. The molecule has 0 radical (unpaired) electrons. The fourth-order valence-electron chi connectivity index (χ4n) is 1.76. The standard InChI is InChI=1S/C12H11N3O5S/c13-9-7-8(5-6-12(9)21(18,19)20)14-10-3-1-2-4-11(10)15(16)17/h1-7,14H,13H2,(H,18,19,20). The van der Waals surface area contributed by atoms with Gasteiger partial charge in [0.25, 0.3) is 15.8 Å².